The predicted octanol–water partition coefficient (Wildman–Crippen LogP) is 14.1. The molecule has 0 fully saturated rings. The minimum absolute atomic E-state index is 0.141. The summed E-state index contributed by atoms with van der Waals surface area (Å²) < 4.78 is 13.6. The molecule has 246 valence electrons. The van der Waals surface area contributed by atoms with Gasteiger partial charge in [-0.3, -0.25) is 0 Å². The summed E-state index contributed by atoms with van der Waals surface area (Å²) in [5, 5.41) is 6.78. The van der Waals surface area contributed by atoms with Gasteiger partial charge in [0.1, 0.15) is 16.7 Å². The number of nitrogens with zero attached hydrogens (tertiary/aromatic N) is 1. The number of anilines is 3. The van der Waals surface area contributed by atoms with E-state index in [0.29, 0.717) is 0 Å². The molecule has 0 saturated heterocycles. The Kier molecular flexibility index (Phi) is 6.01. The summed E-state index contributed by atoms with van der Waals surface area (Å²) in [7, 11) is 0. The van der Waals surface area contributed by atoms with Gasteiger partial charge in [-0.1, -0.05) is 129 Å². The van der Waals surface area contributed by atoms with E-state index >= 15 is 0 Å². The van der Waals surface area contributed by atoms with Crippen LogP contribution in [0.5, 0.6) is 0 Å². The van der Waals surface area contributed by atoms with Gasteiger partial charge >= 0.3 is 0 Å². The van der Waals surface area contributed by atoms with Gasteiger partial charge in [0.25, 0.3) is 0 Å². The molecule has 52 heavy (non-hydrogen) atoms. The molecule has 0 unspecified atom stereocenters. The Morgan fingerprint density at radius 3 is 2.02 bits per heavy atom. The molecule has 3 heteroatoms. The van der Waals surface area contributed by atoms with Crippen LogP contribution in [0.2, 0.25) is 0 Å². The smallest absolute Gasteiger partial charge is 0.159 e. The van der Waals surface area contributed by atoms with Gasteiger partial charge in [-0.05, 0) is 81.1 Å². The number of furan rings is 2. The molecule has 1 aliphatic carbocycles. The van der Waals surface area contributed by atoms with E-state index in [9.17, 15) is 0 Å². The van der Waals surface area contributed by atoms with Crippen molar-refractivity contribution in [2.45, 2.75) is 19.3 Å². The zero-order chi connectivity index (χ0) is 34.6. The molecule has 10 aromatic rings. The Labute approximate surface area is 301 Å². The molecule has 1 aliphatic rings. The standard InChI is InChI=1S/C49H33NO2/c1-49(2)41-20-10-8-17-35(41)36-25-23-32(28-42(36)49)50(43-21-12-19-39-37-18-9-11-22-44(37)51-47(39)43)33-24-26-38-40-27-31-15-6-7-16-34(31)46(30-13-4-3-5-14-30)48(40)52-45(38)29-33/h3-29H,1-2H3. The van der Waals surface area contributed by atoms with Crippen molar-refractivity contribution in [1.29, 1.82) is 0 Å². The molecule has 0 spiro atoms. The van der Waals surface area contributed by atoms with Crippen molar-refractivity contribution in [3.8, 4) is 22.3 Å². The van der Waals surface area contributed by atoms with Gasteiger partial charge in [0.2, 0.25) is 0 Å². The second-order valence-corrected chi connectivity index (χ2v) is 14.5. The monoisotopic (exact) mass is 667 g/mol. The van der Waals surface area contributed by atoms with Gasteiger partial charge < -0.3 is 13.7 Å². The maximum absolute atomic E-state index is 6.94. The summed E-state index contributed by atoms with van der Waals surface area (Å²) in [4.78, 5) is 2.34. The number of fused-ring (bicyclic) bond motifs is 10. The van der Waals surface area contributed by atoms with Crippen LogP contribution in [0.15, 0.2) is 173 Å². The summed E-state index contributed by atoms with van der Waals surface area (Å²) >= 11 is 0. The molecule has 2 aromatic heterocycles. The first-order valence-corrected chi connectivity index (χ1v) is 17.9. The second-order valence-electron chi connectivity index (χ2n) is 14.5. The van der Waals surface area contributed by atoms with E-state index in [1.165, 1.54) is 33.0 Å². The lowest BCUT2D eigenvalue weighted by Gasteiger charge is -2.28. The summed E-state index contributed by atoms with van der Waals surface area (Å²) in [6.07, 6.45) is 0. The molecule has 8 aromatic carbocycles. The van der Waals surface area contributed by atoms with Crippen LogP contribution in [0, 0.1) is 0 Å². The molecular formula is C49H33NO2. The van der Waals surface area contributed by atoms with Gasteiger partial charge in [0, 0.05) is 44.3 Å². The minimum Gasteiger partial charge on any atom is -0.455 e. The molecule has 0 radical (unpaired) electrons. The minimum atomic E-state index is -0.141. The summed E-state index contributed by atoms with van der Waals surface area (Å²) in [6.45, 7) is 4.67. The van der Waals surface area contributed by atoms with E-state index in [1.54, 1.807) is 0 Å². The molecule has 2 heterocycles. The quantitative estimate of drug-likeness (QED) is 0.187. The maximum atomic E-state index is 6.94. The maximum Gasteiger partial charge on any atom is 0.159 e. The van der Waals surface area contributed by atoms with Gasteiger partial charge in [0.05, 0.1) is 11.4 Å². The van der Waals surface area contributed by atoms with Crippen LogP contribution in [0.3, 0.4) is 0 Å². The van der Waals surface area contributed by atoms with Crippen molar-refractivity contribution in [3.05, 3.63) is 175 Å². The van der Waals surface area contributed by atoms with Gasteiger partial charge in [0.15, 0.2) is 5.58 Å². The third-order valence-electron chi connectivity index (χ3n) is 11.2. The largest absolute Gasteiger partial charge is 0.455 e. The Balaban J connectivity index is 1.18. The predicted molar refractivity (Wildman–Crippen MR) is 216 cm³/mol. The molecule has 0 N–H and O–H groups in total. The number of hydrogen-bond acceptors (Lipinski definition) is 3. The highest BCUT2D eigenvalue weighted by molar-refractivity contribution is 6.19. The summed E-state index contributed by atoms with van der Waals surface area (Å²) in [5.41, 5.74) is 13.9. The van der Waals surface area contributed by atoms with Crippen LogP contribution >= 0.6 is 0 Å². The van der Waals surface area contributed by atoms with Crippen molar-refractivity contribution in [1.82, 2.24) is 0 Å². The molecule has 11 rings (SSSR count). The van der Waals surface area contributed by atoms with E-state index in [-0.39, 0.29) is 5.41 Å². The Bertz CT molecular complexity index is 3050. The van der Waals surface area contributed by atoms with Crippen LogP contribution in [0.1, 0.15) is 25.0 Å². The zero-order valence-corrected chi connectivity index (χ0v) is 28.9. The number of para-hydroxylation sites is 2. The van der Waals surface area contributed by atoms with Crippen LogP contribution in [-0.2, 0) is 5.41 Å². The van der Waals surface area contributed by atoms with E-state index in [2.05, 4.69) is 170 Å². The van der Waals surface area contributed by atoms with Crippen molar-refractivity contribution < 1.29 is 8.83 Å². The highest BCUT2D eigenvalue weighted by Crippen LogP contribution is 2.52. The SMILES string of the molecule is CC1(C)c2ccccc2-c2ccc(N(c3ccc4c(c3)oc3c(-c5ccccc5)c5ccccc5cc34)c3cccc4c3oc3ccccc34)cc21. The number of hydrogen-bond donors (Lipinski definition) is 0. The highest BCUT2D eigenvalue weighted by Gasteiger charge is 2.36. The van der Waals surface area contributed by atoms with E-state index < -0.39 is 0 Å². The van der Waals surface area contributed by atoms with Crippen molar-refractivity contribution in [2.24, 2.45) is 0 Å². The first-order valence-electron chi connectivity index (χ1n) is 17.9. The average Bonchev–Trinajstić information content (AvgIpc) is 3.82. The highest BCUT2D eigenvalue weighted by atomic mass is 16.3. The third kappa shape index (κ3) is 4.08. The van der Waals surface area contributed by atoms with Gasteiger partial charge in [-0.15, -0.1) is 0 Å². The summed E-state index contributed by atoms with van der Waals surface area (Å²) in [6, 6.07) is 58.6. The second kappa shape index (κ2) is 10.7. The fraction of sp³-hybridized carbons (Fsp3) is 0.0612. The van der Waals surface area contributed by atoms with Crippen LogP contribution in [0.4, 0.5) is 17.1 Å². The molecule has 0 amide bonds. The third-order valence-corrected chi connectivity index (χ3v) is 11.2. The zero-order valence-electron chi connectivity index (χ0n) is 28.9. The molecule has 0 bridgehead atoms. The fourth-order valence-corrected chi connectivity index (χ4v) is 8.76. The van der Waals surface area contributed by atoms with Crippen molar-refractivity contribution >= 4 is 71.7 Å². The van der Waals surface area contributed by atoms with E-state index in [4.69, 9.17) is 8.83 Å². The summed E-state index contributed by atoms with van der Waals surface area (Å²) in [5.74, 6) is 0. The Hall–Kier alpha value is -6.58. The number of rotatable bonds is 4. The first kappa shape index (κ1) is 29.2. The normalized spacial score (nSPS) is 13.3. The lowest BCUT2D eigenvalue weighted by molar-refractivity contribution is 0.660. The van der Waals surface area contributed by atoms with E-state index in [1.807, 2.05) is 12.1 Å². The topological polar surface area (TPSA) is 29.5 Å². The Morgan fingerprint density at radius 2 is 1.12 bits per heavy atom. The van der Waals surface area contributed by atoms with Crippen molar-refractivity contribution in [3.63, 3.8) is 0 Å². The lowest BCUT2D eigenvalue weighted by atomic mass is 9.82. The molecule has 0 saturated carbocycles. The fourth-order valence-electron chi connectivity index (χ4n) is 8.76. The Morgan fingerprint density at radius 1 is 0.442 bits per heavy atom. The molecule has 0 aliphatic heterocycles. The van der Waals surface area contributed by atoms with Crippen molar-refractivity contribution in [2.75, 3.05) is 4.90 Å². The van der Waals surface area contributed by atoms with Gasteiger partial charge in [-0.2, -0.15) is 0 Å². The van der Waals surface area contributed by atoms with Crippen LogP contribution in [-0.4, -0.2) is 0 Å². The molecule has 0 atom stereocenters. The first-order chi connectivity index (χ1) is 25.5. The number of benzene rings is 8. The van der Waals surface area contributed by atoms with Crippen LogP contribution < -0.4 is 4.90 Å². The van der Waals surface area contributed by atoms with Gasteiger partial charge in [-0.25, -0.2) is 0 Å². The average molecular weight is 668 g/mol. The van der Waals surface area contributed by atoms with Crippen LogP contribution in [0.25, 0.3) is 76.9 Å². The molecular weight excluding hydrogens is 635 g/mol. The van der Waals surface area contributed by atoms with E-state index in [0.717, 1.165) is 72.1 Å². The lowest BCUT2D eigenvalue weighted by Crippen LogP contribution is -2.16. The molecule has 3 nitrogen and oxygen atoms in total.